The zero-order chi connectivity index (χ0) is 18.3. The molecule has 0 atom stereocenters. The summed E-state index contributed by atoms with van der Waals surface area (Å²) in [7, 11) is -3.85. The van der Waals surface area contributed by atoms with Crippen molar-refractivity contribution in [2.75, 3.05) is 0 Å². The summed E-state index contributed by atoms with van der Waals surface area (Å²) in [5.74, 6) is 0.576. The van der Waals surface area contributed by atoms with Crippen LogP contribution in [0.15, 0.2) is 29.2 Å². The largest absolute Gasteiger partial charge is 0.336 e. The van der Waals surface area contributed by atoms with Crippen LogP contribution in [0.4, 0.5) is 0 Å². The highest BCUT2D eigenvalue weighted by atomic mass is 32.2. The molecule has 0 amide bonds. The monoisotopic (exact) mass is 383 g/mol. The highest BCUT2D eigenvalue weighted by Crippen LogP contribution is 2.44. The second-order valence-corrected chi connectivity index (χ2v) is 11.1. The van der Waals surface area contributed by atoms with Crippen LogP contribution in [0.1, 0.15) is 52.0 Å². The van der Waals surface area contributed by atoms with Gasteiger partial charge in [0.05, 0.1) is 4.90 Å². The van der Waals surface area contributed by atoms with Gasteiger partial charge in [0.2, 0.25) is 0 Å². The minimum Gasteiger partial charge on any atom is -0.261 e. The summed E-state index contributed by atoms with van der Waals surface area (Å²) in [6.07, 6.45) is 4.64. The van der Waals surface area contributed by atoms with E-state index in [1.165, 1.54) is 12.8 Å². The normalized spacial score (nSPS) is 28.8. The molecular weight excluding hydrogens is 356 g/mol. The first kappa shape index (κ1) is 18.7. The first-order valence-corrected chi connectivity index (χ1v) is 10.9. The number of thioether (sulfide) groups is 1. The van der Waals surface area contributed by atoms with Crippen molar-refractivity contribution in [1.29, 1.82) is 0 Å². The fourth-order valence-corrected chi connectivity index (χ4v) is 5.75. The van der Waals surface area contributed by atoms with E-state index in [2.05, 4.69) is 31.2 Å². The van der Waals surface area contributed by atoms with Crippen LogP contribution in [0.3, 0.4) is 0 Å². The average molecular weight is 384 g/mol. The number of hydroxylamine groups is 1. The lowest BCUT2D eigenvalue weighted by Gasteiger charge is -2.42. The lowest BCUT2D eigenvalue weighted by molar-refractivity contribution is -0.558. The summed E-state index contributed by atoms with van der Waals surface area (Å²) >= 11 is 1.65. The standard InChI is InChI=1S/C18H26N2O3S2/c1-13-5-7-15(8-6-13)25(21,22)23-20-16-19-17(2,3)14-9-11-18(4,24-16)12-10-14/h5-8,14H,9-12H2,1-4H3,(H,19,20)/p+1. The van der Waals surface area contributed by atoms with Crippen LogP contribution in [-0.4, -0.2) is 23.9 Å². The third kappa shape index (κ3) is 4.20. The molecule has 1 aromatic carbocycles. The molecule has 1 fully saturated rings. The Morgan fingerprint density at radius 1 is 1.16 bits per heavy atom. The first-order valence-electron chi connectivity index (χ1n) is 8.70. The summed E-state index contributed by atoms with van der Waals surface area (Å²) in [5.41, 5.74) is 3.59. The molecule has 2 aliphatic heterocycles. The molecule has 0 saturated heterocycles. The Morgan fingerprint density at radius 3 is 2.36 bits per heavy atom. The van der Waals surface area contributed by atoms with Crippen molar-refractivity contribution in [3.63, 3.8) is 0 Å². The van der Waals surface area contributed by atoms with Gasteiger partial charge < -0.3 is 0 Å². The van der Waals surface area contributed by atoms with E-state index in [1.54, 1.807) is 36.0 Å². The molecule has 2 heterocycles. The predicted molar refractivity (Wildman–Crippen MR) is 101 cm³/mol. The van der Waals surface area contributed by atoms with Gasteiger partial charge in [-0.2, -0.15) is 8.42 Å². The van der Waals surface area contributed by atoms with Crippen molar-refractivity contribution in [1.82, 2.24) is 5.48 Å². The van der Waals surface area contributed by atoms with E-state index in [9.17, 15) is 8.42 Å². The topological polar surface area (TPSA) is 69.4 Å². The lowest BCUT2D eigenvalue weighted by Crippen LogP contribution is -2.90. The van der Waals surface area contributed by atoms with Crippen LogP contribution in [0, 0.1) is 12.8 Å². The number of nitrogens with one attached hydrogen (secondary N) is 2. The second kappa shape index (κ2) is 6.59. The van der Waals surface area contributed by atoms with Gasteiger partial charge in [0.1, 0.15) is 5.54 Å². The molecule has 0 aromatic heterocycles. The first-order chi connectivity index (χ1) is 11.6. The Hall–Kier alpha value is -1.05. The fraction of sp³-hybridized carbons (Fsp3) is 0.611. The number of fused-ring (bicyclic) bond motifs is 4. The maximum absolute atomic E-state index is 12.4. The average Bonchev–Trinajstić information content (AvgIpc) is 2.52. The minimum atomic E-state index is -3.85. The number of benzene rings is 1. The van der Waals surface area contributed by atoms with Gasteiger partial charge in [-0.15, -0.1) is 5.48 Å². The van der Waals surface area contributed by atoms with Gasteiger partial charge in [0, 0.05) is 10.7 Å². The molecule has 25 heavy (non-hydrogen) atoms. The highest BCUT2D eigenvalue weighted by Gasteiger charge is 2.44. The van der Waals surface area contributed by atoms with Crippen LogP contribution in [0.25, 0.3) is 0 Å². The number of hydrogen-bond acceptors (Lipinski definition) is 5. The smallest absolute Gasteiger partial charge is 0.261 e. The molecule has 3 aliphatic rings. The van der Waals surface area contributed by atoms with Gasteiger partial charge in [-0.05, 0) is 77.3 Å². The van der Waals surface area contributed by atoms with Crippen LogP contribution in [0.5, 0.6) is 0 Å². The number of aryl methyl sites for hydroxylation is 1. The molecule has 1 saturated carbocycles. The number of hydrogen-bond donors (Lipinski definition) is 2. The van der Waals surface area contributed by atoms with E-state index >= 15 is 0 Å². The zero-order valence-corrected chi connectivity index (χ0v) is 16.9. The van der Waals surface area contributed by atoms with Crippen molar-refractivity contribution in [3.8, 4) is 0 Å². The molecule has 7 heteroatoms. The second-order valence-electron chi connectivity index (χ2n) is 7.95. The molecule has 1 aliphatic carbocycles. The number of rotatable bonds is 3. The Morgan fingerprint density at radius 2 is 1.76 bits per heavy atom. The molecular formula is C18H27N2O3S2+. The van der Waals surface area contributed by atoms with Crippen molar-refractivity contribution in [2.45, 2.75) is 68.6 Å². The van der Waals surface area contributed by atoms with Crippen molar-refractivity contribution >= 4 is 27.0 Å². The molecule has 5 nitrogen and oxygen atoms in total. The van der Waals surface area contributed by atoms with Crippen molar-refractivity contribution in [2.24, 2.45) is 5.92 Å². The summed E-state index contributed by atoms with van der Waals surface area (Å²) in [5, 5.41) is 0.674. The van der Waals surface area contributed by atoms with E-state index < -0.39 is 10.1 Å². The van der Waals surface area contributed by atoms with Crippen LogP contribution in [0.2, 0.25) is 0 Å². The van der Waals surface area contributed by atoms with E-state index in [0.29, 0.717) is 11.1 Å². The molecule has 0 radical (unpaired) electrons. The zero-order valence-electron chi connectivity index (χ0n) is 15.3. The van der Waals surface area contributed by atoms with Crippen LogP contribution in [-0.2, 0) is 14.4 Å². The van der Waals surface area contributed by atoms with Crippen LogP contribution >= 0.6 is 11.8 Å². The molecule has 1 aromatic rings. The van der Waals surface area contributed by atoms with Gasteiger partial charge >= 0.3 is 15.3 Å². The Balaban J connectivity index is 1.79. The highest BCUT2D eigenvalue weighted by molar-refractivity contribution is 8.14. The third-order valence-corrected chi connectivity index (χ3v) is 7.84. The Kier molecular flexibility index (Phi) is 4.94. The van der Waals surface area contributed by atoms with Gasteiger partial charge in [-0.1, -0.05) is 22.0 Å². The van der Waals surface area contributed by atoms with Crippen LogP contribution < -0.4 is 10.5 Å². The summed E-state index contributed by atoms with van der Waals surface area (Å²) in [4.78, 5) is 3.61. The predicted octanol–water partition coefficient (Wildman–Crippen LogP) is 2.12. The SMILES string of the molecule is Cc1ccc(S(=O)(=O)ONC2=[NH+]C(C)(C)C3CCC(C)(CC3)S2)cc1. The van der Waals surface area contributed by atoms with Gasteiger partial charge in [0.15, 0.2) is 0 Å². The van der Waals surface area contributed by atoms with Crippen molar-refractivity contribution in [3.05, 3.63) is 29.8 Å². The minimum absolute atomic E-state index is 0.103. The molecule has 0 spiro atoms. The van der Waals surface area contributed by atoms with Gasteiger partial charge in [0.25, 0.3) is 0 Å². The maximum atomic E-state index is 12.4. The summed E-state index contributed by atoms with van der Waals surface area (Å²) in [6.45, 7) is 8.49. The molecule has 2 bridgehead atoms. The summed E-state index contributed by atoms with van der Waals surface area (Å²) in [6, 6.07) is 6.64. The van der Waals surface area contributed by atoms with E-state index in [-0.39, 0.29) is 15.2 Å². The maximum Gasteiger partial charge on any atom is 0.336 e. The lowest BCUT2D eigenvalue weighted by atomic mass is 9.73. The quantitative estimate of drug-likeness (QED) is 0.783. The van der Waals surface area contributed by atoms with E-state index in [1.807, 2.05) is 6.92 Å². The molecule has 2 N–H and O–H groups in total. The Bertz CT molecular complexity index is 762. The number of amidine groups is 1. The van der Waals surface area contributed by atoms with E-state index in [0.717, 1.165) is 18.4 Å². The van der Waals surface area contributed by atoms with Crippen molar-refractivity contribution < 1.29 is 17.7 Å². The molecule has 0 unspecified atom stereocenters. The fourth-order valence-electron chi connectivity index (χ4n) is 3.61. The van der Waals surface area contributed by atoms with Gasteiger partial charge in [-0.25, -0.2) is 0 Å². The molecule has 138 valence electrons. The third-order valence-electron chi connectivity index (χ3n) is 5.40. The summed E-state index contributed by atoms with van der Waals surface area (Å²) < 4.78 is 30.1. The van der Waals surface area contributed by atoms with Gasteiger partial charge in [-0.3, -0.25) is 4.99 Å². The van der Waals surface area contributed by atoms with E-state index in [4.69, 9.17) is 4.28 Å². The molecule has 4 rings (SSSR count). The Labute approximate surface area is 154 Å².